The second kappa shape index (κ2) is 12.6. The Balaban J connectivity index is 1.30. The third kappa shape index (κ3) is 7.22. The SMILES string of the molecule is COc1ccccc1NC(=O)N[C@@H]1CCCC[C@@H]1NC(=O)c1csc(COc2ccc(C(C)C)cc2)n1. The van der Waals surface area contributed by atoms with Gasteiger partial charge >= 0.3 is 6.03 Å². The Bertz CT molecular complexity index is 1190. The van der Waals surface area contributed by atoms with Crippen LogP contribution in [0.1, 0.15) is 66.5 Å². The van der Waals surface area contributed by atoms with Gasteiger partial charge < -0.3 is 25.4 Å². The Morgan fingerprint density at radius 2 is 1.73 bits per heavy atom. The molecule has 4 rings (SSSR count). The van der Waals surface area contributed by atoms with Crippen molar-refractivity contribution in [2.45, 2.75) is 64.1 Å². The molecule has 1 fully saturated rings. The molecule has 2 aromatic carbocycles. The number of ether oxygens (including phenoxy) is 2. The van der Waals surface area contributed by atoms with Crippen molar-refractivity contribution in [1.29, 1.82) is 0 Å². The Kier molecular flexibility index (Phi) is 9.00. The number of aromatic nitrogens is 1. The molecule has 3 amide bonds. The number of hydrogen-bond acceptors (Lipinski definition) is 6. The largest absolute Gasteiger partial charge is 0.495 e. The highest BCUT2D eigenvalue weighted by atomic mass is 32.1. The molecule has 1 aromatic heterocycles. The van der Waals surface area contributed by atoms with E-state index in [1.165, 1.54) is 16.9 Å². The van der Waals surface area contributed by atoms with Crippen LogP contribution < -0.4 is 25.4 Å². The molecule has 3 N–H and O–H groups in total. The summed E-state index contributed by atoms with van der Waals surface area (Å²) in [6, 6.07) is 14.6. The molecule has 37 heavy (non-hydrogen) atoms. The van der Waals surface area contributed by atoms with Gasteiger partial charge in [-0.15, -0.1) is 11.3 Å². The van der Waals surface area contributed by atoms with Gasteiger partial charge in [-0.05, 0) is 48.6 Å². The van der Waals surface area contributed by atoms with E-state index in [1.807, 2.05) is 24.3 Å². The van der Waals surface area contributed by atoms with Crippen LogP contribution in [0.3, 0.4) is 0 Å². The molecule has 1 aliphatic carbocycles. The van der Waals surface area contributed by atoms with Crippen LogP contribution >= 0.6 is 11.3 Å². The first-order chi connectivity index (χ1) is 17.9. The van der Waals surface area contributed by atoms with Crippen LogP contribution in [0.2, 0.25) is 0 Å². The fraction of sp³-hybridized carbons (Fsp3) is 0.393. The second-order valence-corrected chi connectivity index (χ2v) is 10.4. The molecule has 0 aliphatic heterocycles. The number of carbonyl (C=O) groups is 2. The van der Waals surface area contributed by atoms with Gasteiger partial charge in [0.1, 0.15) is 28.8 Å². The summed E-state index contributed by atoms with van der Waals surface area (Å²) < 4.78 is 11.2. The first-order valence-corrected chi connectivity index (χ1v) is 13.5. The van der Waals surface area contributed by atoms with Gasteiger partial charge in [-0.25, -0.2) is 9.78 Å². The minimum Gasteiger partial charge on any atom is -0.495 e. The van der Waals surface area contributed by atoms with Crippen molar-refractivity contribution >= 4 is 29.0 Å². The van der Waals surface area contributed by atoms with E-state index in [4.69, 9.17) is 9.47 Å². The lowest BCUT2D eigenvalue weighted by atomic mass is 9.90. The number of carbonyl (C=O) groups excluding carboxylic acids is 2. The maximum Gasteiger partial charge on any atom is 0.319 e. The minimum atomic E-state index is -0.329. The zero-order valence-electron chi connectivity index (χ0n) is 21.5. The Hall–Kier alpha value is -3.59. The number of nitrogens with one attached hydrogen (secondary N) is 3. The number of rotatable bonds is 9. The number of thiazole rings is 1. The van der Waals surface area contributed by atoms with Crippen molar-refractivity contribution in [2.75, 3.05) is 12.4 Å². The van der Waals surface area contributed by atoms with Crippen molar-refractivity contribution in [3.05, 3.63) is 70.2 Å². The molecular formula is C28H34N4O4S. The number of methoxy groups -OCH3 is 1. The van der Waals surface area contributed by atoms with Gasteiger partial charge in [-0.2, -0.15) is 0 Å². The van der Waals surface area contributed by atoms with Gasteiger partial charge in [0.2, 0.25) is 0 Å². The van der Waals surface area contributed by atoms with E-state index < -0.39 is 0 Å². The van der Waals surface area contributed by atoms with E-state index >= 15 is 0 Å². The Morgan fingerprint density at radius 1 is 1.03 bits per heavy atom. The van der Waals surface area contributed by atoms with E-state index in [9.17, 15) is 9.59 Å². The summed E-state index contributed by atoms with van der Waals surface area (Å²) in [5, 5.41) is 11.4. The van der Waals surface area contributed by atoms with Crippen molar-refractivity contribution < 1.29 is 19.1 Å². The number of amides is 3. The number of urea groups is 1. The molecule has 8 nitrogen and oxygen atoms in total. The summed E-state index contributed by atoms with van der Waals surface area (Å²) in [7, 11) is 1.56. The van der Waals surface area contributed by atoms with Crippen molar-refractivity contribution in [2.24, 2.45) is 0 Å². The fourth-order valence-corrected chi connectivity index (χ4v) is 5.05. The number of nitrogens with zero attached hydrogens (tertiary/aromatic N) is 1. The van der Waals surface area contributed by atoms with E-state index in [2.05, 4.69) is 46.9 Å². The third-order valence-corrected chi connectivity index (χ3v) is 7.27. The standard InChI is InChI=1S/C28H34N4O4S/c1-18(2)19-12-14-20(15-13-19)36-16-26-29-24(17-37-26)27(33)30-21-8-4-5-9-22(21)31-28(34)32-23-10-6-7-11-25(23)35-3/h6-7,10-15,17-18,21-22H,4-5,8-9,16H2,1-3H3,(H,30,33)(H2,31,32,34)/t21-,22+/m0/s1. The number of anilines is 1. The lowest BCUT2D eigenvalue weighted by Crippen LogP contribution is -2.54. The first-order valence-electron chi connectivity index (χ1n) is 12.6. The summed E-state index contributed by atoms with van der Waals surface area (Å²) in [6.07, 6.45) is 3.55. The summed E-state index contributed by atoms with van der Waals surface area (Å²) >= 11 is 1.39. The number of para-hydroxylation sites is 2. The monoisotopic (exact) mass is 522 g/mol. The van der Waals surface area contributed by atoms with Crippen molar-refractivity contribution in [3.8, 4) is 11.5 Å². The molecule has 3 aromatic rings. The highest BCUT2D eigenvalue weighted by Gasteiger charge is 2.29. The molecule has 0 spiro atoms. The summed E-state index contributed by atoms with van der Waals surface area (Å²) in [6.45, 7) is 4.61. The lowest BCUT2D eigenvalue weighted by Gasteiger charge is -2.32. The highest BCUT2D eigenvalue weighted by Crippen LogP contribution is 2.24. The van der Waals surface area contributed by atoms with Gasteiger partial charge in [-0.3, -0.25) is 4.79 Å². The maximum absolute atomic E-state index is 13.0. The summed E-state index contributed by atoms with van der Waals surface area (Å²) in [5.74, 6) is 1.58. The van der Waals surface area contributed by atoms with Gasteiger partial charge in [0.25, 0.3) is 5.91 Å². The molecular weight excluding hydrogens is 488 g/mol. The smallest absolute Gasteiger partial charge is 0.319 e. The molecule has 1 saturated carbocycles. The quantitative estimate of drug-likeness (QED) is 0.334. The van der Waals surface area contributed by atoms with Crippen LogP contribution in [-0.4, -0.2) is 36.1 Å². The van der Waals surface area contributed by atoms with Gasteiger partial charge in [0, 0.05) is 11.4 Å². The predicted molar refractivity (Wildman–Crippen MR) is 146 cm³/mol. The van der Waals surface area contributed by atoms with Gasteiger partial charge in [-0.1, -0.05) is 51.0 Å². The molecule has 0 saturated heterocycles. The van der Waals surface area contributed by atoms with E-state index in [-0.39, 0.29) is 24.0 Å². The highest BCUT2D eigenvalue weighted by molar-refractivity contribution is 7.09. The normalized spacial score (nSPS) is 17.2. The van der Waals surface area contributed by atoms with Crippen molar-refractivity contribution in [3.63, 3.8) is 0 Å². The molecule has 196 valence electrons. The molecule has 0 unspecified atom stereocenters. The van der Waals surface area contributed by atoms with Crippen LogP contribution in [0.4, 0.5) is 10.5 Å². The van der Waals surface area contributed by atoms with Crippen molar-refractivity contribution in [1.82, 2.24) is 15.6 Å². The molecule has 0 radical (unpaired) electrons. The minimum absolute atomic E-state index is 0.175. The topological polar surface area (TPSA) is 102 Å². The predicted octanol–water partition coefficient (Wildman–Crippen LogP) is 5.72. The Morgan fingerprint density at radius 3 is 2.43 bits per heavy atom. The number of benzene rings is 2. The van der Waals surface area contributed by atoms with Crippen LogP contribution in [-0.2, 0) is 6.61 Å². The second-order valence-electron chi connectivity index (χ2n) is 9.41. The van der Waals surface area contributed by atoms with Crippen LogP contribution in [0, 0.1) is 0 Å². The lowest BCUT2D eigenvalue weighted by molar-refractivity contribution is 0.0911. The Labute approximate surface area is 221 Å². The summed E-state index contributed by atoms with van der Waals surface area (Å²) in [5.41, 5.74) is 2.21. The van der Waals surface area contributed by atoms with E-state index in [0.717, 1.165) is 36.4 Å². The third-order valence-electron chi connectivity index (χ3n) is 6.45. The first kappa shape index (κ1) is 26.5. The zero-order chi connectivity index (χ0) is 26.2. The van der Waals surface area contributed by atoms with E-state index in [1.54, 1.807) is 24.6 Å². The zero-order valence-corrected chi connectivity index (χ0v) is 22.3. The average Bonchev–Trinajstić information content (AvgIpc) is 3.38. The average molecular weight is 523 g/mol. The van der Waals surface area contributed by atoms with Crippen LogP contribution in [0.15, 0.2) is 53.9 Å². The maximum atomic E-state index is 13.0. The van der Waals surface area contributed by atoms with Crippen LogP contribution in [0.25, 0.3) is 0 Å². The molecule has 1 heterocycles. The summed E-state index contributed by atoms with van der Waals surface area (Å²) in [4.78, 5) is 30.1. The molecule has 2 atom stereocenters. The molecule has 1 aliphatic rings. The van der Waals surface area contributed by atoms with Gasteiger partial charge in [0.15, 0.2) is 0 Å². The number of hydrogen-bond donors (Lipinski definition) is 3. The fourth-order valence-electron chi connectivity index (χ4n) is 4.37. The molecule has 9 heteroatoms. The van der Waals surface area contributed by atoms with E-state index in [0.29, 0.717) is 29.7 Å². The van der Waals surface area contributed by atoms with Gasteiger partial charge in [0.05, 0.1) is 18.8 Å². The molecule has 0 bridgehead atoms. The van der Waals surface area contributed by atoms with Crippen LogP contribution in [0.5, 0.6) is 11.5 Å².